The first-order valence-corrected chi connectivity index (χ1v) is 8.76. The number of nitrogens with zero attached hydrogens (tertiary/aromatic N) is 3. The molecule has 0 aromatic rings. The summed E-state index contributed by atoms with van der Waals surface area (Å²) in [7, 11) is -2.48. The van der Waals surface area contributed by atoms with Gasteiger partial charge in [0.25, 0.3) is 3.79 Å². The summed E-state index contributed by atoms with van der Waals surface area (Å²) in [5, 5.41) is 0. The topological polar surface area (TPSA) is 71.3 Å². The van der Waals surface area contributed by atoms with E-state index in [0.717, 1.165) is 0 Å². The Kier molecular flexibility index (Phi) is 5.88. The number of guanidine groups is 1. The van der Waals surface area contributed by atoms with Gasteiger partial charge in [-0.15, -0.1) is 0 Å². The molecule has 0 radical (unpaired) electrons. The predicted molar refractivity (Wildman–Crippen MR) is 77.5 cm³/mol. The van der Waals surface area contributed by atoms with Crippen molar-refractivity contribution in [2.45, 2.75) is 3.79 Å². The zero-order chi connectivity index (χ0) is 14.7. The molecule has 0 aromatic heterocycles. The van der Waals surface area contributed by atoms with E-state index in [-0.39, 0.29) is 5.96 Å². The Morgan fingerprint density at radius 3 is 2.21 bits per heavy atom. The molecule has 0 unspecified atom stereocenters. The van der Waals surface area contributed by atoms with Gasteiger partial charge < -0.3 is 9.64 Å². The molecule has 0 saturated carbocycles. The first-order valence-electron chi connectivity index (χ1n) is 5.29. The SMILES string of the molecule is CS(C)(=O)=NC(=NC(=O)C(Cl)(Cl)Cl)N1CCOCC1. The number of hydrogen-bond donors (Lipinski definition) is 0. The van der Waals surface area contributed by atoms with Gasteiger partial charge in [0.15, 0.2) is 0 Å². The van der Waals surface area contributed by atoms with Gasteiger partial charge in [-0.25, -0.2) is 4.21 Å². The average Bonchev–Trinajstić information content (AvgIpc) is 2.26. The molecule has 1 aliphatic heterocycles. The minimum absolute atomic E-state index is 0.00891. The maximum absolute atomic E-state index is 11.8. The molecule has 6 nitrogen and oxygen atoms in total. The number of amides is 1. The van der Waals surface area contributed by atoms with Gasteiger partial charge in [-0.1, -0.05) is 34.8 Å². The van der Waals surface area contributed by atoms with Crippen LogP contribution in [0, 0.1) is 0 Å². The second-order valence-corrected chi connectivity index (χ2v) is 8.91. The predicted octanol–water partition coefficient (Wildman–Crippen LogP) is 1.30. The molecule has 0 aromatic carbocycles. The highest BCUT2D eigenvalue weighted by molar-refractivity contribution is 7.92. The molecule has 0 spiro atoms. The molecule has 1 rings (SSSR count). The Bertz CT molecular complexity index is 481. The summed E-state index contributed by atoms with van der Waals surface area (Å²) in [6.45, 7) is 1.88. The van der Waals surface area contributed by atoms with Crippen LogP contribution in [0.1, 0.15) is 0 Å². The highest BCUT2D eigenvalue weighted by Gasteiger charge is 2.32. The molecule has 1 fully saturated rings. The number of halogens is 3. The fourth-order valence-corrected chi connectivity index (χ4v) is 1.94. The zero-order valence-electron chi connectivity index (χ0n) is 10.4. The number of carbonyl (C=O) groups is 1. The van der Waals surface area contributed by atoms with Crippen LogP contribution < -0.4 is 0 Å². The van der Waals surface area contributed by atoms with Crippen molar-refractivity contribution in [2.75, 3.05) is 38.8 Å². The Hall–Kier alpha value is -0.0800. The average molecular weight is 351 g/mol. The van der Waals surface area contributed by atoms with Gasteiger partial charge in [0.05, 0.1) is 13.2 Å². The van der Waals surface area contributed by atoms with Crippen LogP contribution in [0.5, 0.6) is 0 Å². The molecular weight excluding hydrogens is 337 g/mol. The number of morpholine rings is 1. The lowest BCUT2D eigenvalue weighted by molar-refractivity contribution is -0.117. The molecule has 1 saturated heterocycles. The Balaban J connectivity index is 3.09. The summed E-state index contributed by atoms with van der Waals surface area (Å²) < 4.78 is 18.7. The molecule has 10 heteroatoms. The highest BCUT2D eigenvalue weighted by Crippen LogP contribution is 2.27. The molecule has 0 N–H and O–H groups in total. The molecule has 0 aliphatic carbocycles. The standard InChI is InChI=1S/C9H14Cl3N3O3S/c1-19(2,17)14-8(13-7(16)9(10,11)12)15-3-5-18-6-4-15/h3-6H2,1-2H3. The zero-order valence-corrected chi connectivity index (χ0v) is 13.5. The van der Waals surface area contributed by atoms with E-state index in [9.17, 15) is 9.00 Å². The highest BCUT2D eigenvalue weighted by atomic mass is 35.6. The van der Waals surface area contributed by atoms with E-state index in [1.54, 1.807) is 4.90 Å². The molecule has 1 heterocycles. The van der Waals surface area contributed by atoms with E-state index in [1.807, 2.05) is 0 Å². The summed E-state index contributed by atoms with van der Waals surface area (Å²) in [6.07, 6.45) is 2.87. The van der Waals surface area contributed by atoms with Crippen molar-refractivity contribution in [1.29, 1.82) is 0 Å². The number of rotatable bonds is 0. The van der Waals surface area contributed by atoms with Gasteiger partial charge in [0, 0.05) is 35.3 Å². The first-order chi connectivity index (χ1) is 8.59. The van der Waals surface area contributed by atoms with Gasteiger partial charge in [0.1, 0.15) is 0 Å². The lowest BCUT2D eigenvalue weighted by Gasteiger charge is -2.27. The summed E-state index contributed by atoms with van der Waals surface area (Å²) in [6, 6.07) is 0. The Morgan fingerprint density at radius 2 is 1.79 bits per heavy atom. The van der Waals surface area contributed by atoms with Gasteiger partial charge in [-0.3, -0.25) is 4.79 Å². The second-order valence-electron chi connectivity index (χ2n) is 4.09. The van der Waals surface area contributed by atoms with E-state index in [2.05, 4.69) is 9.36 Å². The number of carbonyl (C=O) groups excluding carboxylic acids is 1. The van der Waals surface area contributed by atoms with E-state index in [4.69, 9.17) is 39.5 Å². The fourth-order valence-electron chi connectivity index (χ4n) is 1.26. The van der Waals surface area contributed by atoms with Crippen LogP contribution >= 0.6 is 34.8 Å². The van der Waals surface area contributed by atoms with E-state index in [0.29, 0.717) is 26.3 Å². The van der Waals surface area contributed by atoms with Crippen molar-refractivity contribution in [3.63, 3.8) is 0 Å². The molecule has 1 amide bonds. The van der Waals surface area contributed by atoms with E-state index < -0.39 is 19.4 Å². The third-order valence-corrected chi connectivity index (χ3v) is 3.13. The Labute approximate surface area is 127 Å². The minimum Gasteiger partial charge on any atom is -0.378 e. The summed E-state index contributed by atoms with van der Waals surface area (Å²) >= 11 is 16.4. The van der Waals surface area contributed by atoms with Crippen LogP contribution in [0.3, 0.4) is 0 Å². The first kappa shape index (κ1) is 17.0. The molecule has 19 heavy (non-hydrogen) atoms. The number of aliphatic imine (C=N–C) groups is 1. The van der Waals surface area contributed by atoms with Gasteiger partial charge >= 0.3 is 5.91 Å². The normalized spacial score (nSPS) is 18.4. The molecule has 0 atom stereocenters. The quantitative estimate of drug-likeness (QED) is 0.375. The van der Waals surface area contributed by atoms with Crippen molar-refractivity contribution in [3.05, 3.63) is 0 Å². The van der Waals surface area contributed by atoms with E-state index in [1.165, 1.54) is 12.5 Å². The maximum atomic E-state index is 11.8. The van der Waals surface area contributed by atoms with Gasteiger partial charge in [0.2, 0.25) is 5.96 Å². The third kappa shape index (κ3) is 6.27. The van der Waals surface area contributed by atoms with Crippen LogP contribution in [0.15, 0.2) is 9.36 Å². The van der Waals surface area contributed by atoms with Crippen LogP contribution in [0.25, 0.3) is 0 Å². The van der Waals surface area contributed by atoms with Crippen molar-refractivity contribution < 1.29 is 13.7 Å². The van der Waals surface area contributed by atoms with Crippen LogP contribution in [0.2, 0.25) is 0 Å². The van der Waals surface area contributed by atoms with Crippen molar-refractivity contribution in [2.24, 2.45) is 9.36 Å². The van der Waals surface area contributed by atoms with Gasteiger partial charge in [-0.2, -0.15) is 9.36 Å². The second kappa shape index (κ2) is 6.58. The van der Waals surface area contributed by atoms with Crippen LogP contribution in [-0.4, -0.2) is 63.6 Å². The number of ether oxygens (including phenoxy) is 1. The lowest BCUT2D eigenvalue weighted by atomic mass is 10.4. The third-order valence-electron chi connectivity index (χ3n) is 2.04. The number of alkyl halides is 3. The minimum atomic E-state index is -2.48. The molecule has 1 aliphatic rings. The summed E-state index contributed by atoms with van der Waals surface area (Å²) in [5.41, 5.74) is 0. The van der Waals surface area contributed by atoms with E-state index >= 15 is 0 Å². The van der Waals surface area contributed by atoms with Crippen molar-refractivity contribution in [3.8, 4) is 0 Å². The van der Waals surface area contributed by atoms with Gasteiger partial charge in [-0.05, 0) is 0 Å². The van der Waals surface area contributed by atoms with Crippen LogP contribution in [0.4, 0.5) is 0 Å². The van der Waals surface area contributed by atoms with Crippen LogP contribution in [-0.2, 0) is 19.3 Å². The monoisotopic (exact) mass is 349 g/mol. The summed E-state index contributed by atoms with van der Waals surface area (Å²) in [5.74, 6) is -0.957. The Morgan fingerprint density at radius 1 is 1.26 bits per heavy atom. The van der Waals surface area contributed by atoms with Crippen molar-refractivity contribution in [1.82, 2.24) is 4.90 Å². The number of hydrogen-bond acceptors (Lipinski definition) is 3. The largest absolute Gasteiger partial charge is 0.378 e. The molecule has 0 bridgehead atoms. The molecular formula is C9H14Cl3N3O3S. The lowest BCUT2D eigenvalue weighted by Crippen LogP contribution is -2.41. The summed E-state index contributed by atoms with van der Waals surface area (Å²) in [4.78, 5) is 16.9. The molecule has 110 valence electrons. The van der Waals surface area contributed by atoms with Crippen molar-refractivity contribution >= 4 is 56.4 Å². The fraction of sp³-hybridized carbons (Fsp3) is 0.778. The maximum Gasteiger partial charge on any atom is 0.301 e. The smallest absolute Gasteiger partial charge is 0.301 e.